The third-order valence-electron chi connectivity index (χ3n) is 3.60. The molecule has 20 heavy (non-hydrogen) atoms. The summed E-state index contributed by atoms with van der Waals surface area (Å²) >= 11 is 0. The second-order valence-electron chi connectivity index (χ2n) is 5.64. The minimum absolute atomic E-state index is 0.0639. The highest BCUT2D eigenvalue weighted by molar-refractivity contribution is 5.83. The van der Waals surface area contributed by atoms with Crippen molar-refractivity contribution in [3.8, 4) is 0 Å². The number of hydrogen-bond donors (Lipinski definition) is 2. The van der Waals surface area contributed by atoms with Gasteiger partial charge in [0.1, 0.15) is 0 Å². The fourth-order valence-electron chi connectivity index (χ4n) is 2.22. The topological polar surface area (TPSA) is 49.3 Å². The highest BCUT2D eigenvalue weighted by Gasteiger charge is 2.19. The molecule has 1 amide bonds. The highest BCUT2D eigenvalue weighted by Crippen LogP contribution is 2.21. The summed E-state index contributed by atoms with van der Waals surface area (Å²) < 4.78 is 0. The number of carbonyl (C=O) groups excluding carboxylic acids is 1. The van der Waals surface area contributed by atoms with E-state index in [1.807, 2.05) is 44.2 Å². The Bertz CT molecular complexity index is 389. The summed E-state index contributed by atoms with van der Waals surface area (Å²) in [7, 11) is 0. The van der Waals surface area contributed by atoms with Crippen molar-refractivity contribution in [2.24, 2.45) is 5.92 Å². The Balaban J connectivity index is 2.53. The summed E-state index contributed by atoms with van der Waals surface area (Å²) in [6.45, 7) is 6.59. The maximum Gasteiger partial charge on any atom is 0.227 e. The first kappa shape index (κ1) is 16.7. The smallest absolute Gasteiger partial charge is 0.227 e. The second-order valence-corrected chi connectivity index (χ2v) is 5.64. The lowest BCUT2D eigenvalue weighted by atomic mass is 9.93. The van der Waals surface area contributed by atoms with E-state index in [1.54, 1.807) is 0 Å². The molecule has 0 fully saturated rings. The lowest BCUT2D eigenvalue weighted by molar-refractivity contribution is -0.122. The predicted molar refractivity (Wildman–Crippen MR) is 82.6 cm³/mol. The van der Waals surface area contributed by atoms with Crippen molar-refractivity contribution in [3.63, 3.8) is 0 Å². The molecule has 0 aliphatic carbocycles. The summed E-state index contributed by atoms with van der Waals surface area (Å²) in [4.78, 5) is 12.3. The Kier molecular flexibility index (Phi) is 7.31. The third kappa shape index (κ3) is 5.33. The minimum Gasteiger partial charge on any atom is -0.393 e. The lowest BCUT2D eigenvalue weighted by Crippen LogP contribution is -2.32. The van der Waals surface area contributed by atoms with Crippen LogP contribution in [0.2, 0.25) is 0 Å². The van der Waals surface area contributed by atoms with Gasteiger partial charge in [0.2, 0.25) is 5.91 Å². The van der Waals surface area contributed by atoms with Crippen molar-refractivity contribution < 1.29 is 9.90 Å². The summed E-state index contributed by atoms with van der Waals surface area (Å²) in [6.07, 6.45) is 2.08. The van der Waals surface area contributed by atoms with Gasteiger partial charge in [-0.15, -0.1) is 0 Å². The number of rotatable bonds is 8. The molecule has 0 bridgehead atoms. The van der Waals surface area contributed by atoms with E-state index in [0.29, 0.717) is 13.0 Å². The fraction of sp³-hybridized carbons (Fsp3) is 0.588. The van der Waals surface area contributed by atoms with Gasteiger partial charge in [0.15, 0.2) is 0 Å². The number of aliphatic hydroxyl groups excluding tert-OH is 1. The molecule has 0 aromatic heterocycles. The van der Waals surface area contributed by atoms with Crippen molar-refractivity contribution in [1.29, 1.82) is 0 Å². The summed E-state index contributed by atoms with van der Waals surface area (Å²) in [5, 5.41) is 12.7. The first-order valence-corrected chi connectivity index (χ1v) is 7.57. The number of carbonyl (C=O) groups is 1. The molecule has 0 radical (unpaired) electrons. The molecule has 0 aliphatic rings. The predicted octanol–water partition coefficient (Wildman–Crippen LogP) is 3.09. The average molecular weight is 277 g/mol. The molecular formula is C17H27NO2. The van der Waals surface area contributed by atoms with E-state index < -0.39 is 0 Å². The molecule has 1 aromatic carbocycles. The van der Waals surface area contributed by atoms with Gasteiger partial charge in [-0.05, 0) is 24.3 Å². The van der Waals surface area contributed by atoms with E-state index in [4.69, 9.17) is 0 Å². The van der Waals surface area contributed by atoms with Crippen LogP contribution in [0.4, 0.5) is 0 Å². The van der Waals surface area contributed by atoms with E-state index >= 15 is 0 Å². The van der Waals surface area contributed by atoms with Crippen molar-refractivity contribution in [2.75, 3.05) is 6.54 Å². The molecule has 0 heterocycles. The quantitative estimate of drug-likeness (QED) is 0.767. The Morgan fingerprint density at radius 2 is 1.85 bits per heavy atom. The van der Waals surface area contributed by atoms with Gasteiger partial charge in [-0.2, -0.15) is 0 Å². The summed E-state index contributed by atoms with van der Waals surface area (Å²) in [5.74, 6) is 0.207. The monoisotopic (exact) mass is 277 g/mol. The zero-order chi connectivity index (χ0) is 15.0. The molecule has 2 atom stereocenters. The molecule has 3 heteroatoms. The van der Waals surface area contributed by atoms with Crippen LogP contribution in [0.15, 0.2) is 30.3 Å². The first-order chi connectivity index (χ1) is 9.56. The van der Waals surface area contributed by atoms with Gasteiger partial charge in [0.25, 0.3) is 0 Å². The highest BCUT2D eigenvalue weighted by atomic mass is 16.3. The van der Waals surface area contributed by atoms with Crippen LogP contribution < -0.4 is 5.32 Å². The molecule has 2 unspecified atom stereocenters. The van der Waals surface area contributed by atoms with Crippen molar-refractivity contribution >= 4 is 5.91 Å². The molecule has 1 rings (SSSR count). The normalized spacial score (nSPS) is 14.1. The van der Waals surface area contributed by atoms with Gasteiger partial charge >= 0.3 is 0 Å². The van der Waals surface area contributed by atoms with Crippen molar-refractivity contribution in [3.05, 3.63) is 35.9 Å². The fourth-order valence-corrected chi connectivity index (χ4v) is 2.22. The van der Waals surface area contributed by atoms with Crippen molar-refractivity contribution in [1.82, 2.24) is 5.32 Å². The molecule has 0 saturated heterocycles. The van der Waals surface area contributed by atoms with Crippen LogP contribution >= 0.6 is 0 Å². The Labute approximate surface area is 122 Å². The van der Waals surface area contributed by atoms with Gasteiger partial charge in [-0.3, -0.25) is 4.79 Å². The number of benzene rings is 1. The molecule has 112 valence electrons. The summed E-state index contributed by atoms with van der Waals surface area (Å²) in [6, 6.07) is 9.90. The van der Waals surface area contributed by atoms with E-state index in [2.05, 4.69) is 12.2 Å². The number of hydrogen-bond acceptors (Lipinski definition) is 2. The minimum atomic E-state index is -0.350. The molecule has 0 aliphatic heterocycles. The number of nitrogens with one attached hydrogen (secondary N) is 1. The number of aliphatic hydroxyl groups is 1. The van der Waals surface area contributed by atoms with E-state index in [1.165, 1.54) is 0 Å². The van der Waals surface area contributed by atoms with Crippen LogP contribution in [0.3, 0.4) is 0 Å². The number of amides is 1. The molecule has 0 saturated carbocycles. The van der Waals surface area contributed by atoms with Crippen LogP contribution in [-0.2, 0) is 4.79 Å². The Morgan fingerprint density at radius 3 is 2.40 bits per heavy atom. The largest absolute Gasteiger partial charge is 0.393 e. The van der Waals surface area contributed by atoms with Gasteiger partial charge in [-0.25, -0.2) is 0 Å². The molecule has 0 spiro atoms. The third-order valence-corrected chi connectivity index (χ3v) is 3.60. The van der Waals surface area contributed by atoms with Crippen LogP contribution in [0, 0.1) is 5.92 Å². The van der Waals surface area contributed by atoms with E-state index in [0.717, 1.165) is 18.4 Å². The van der Waals surface area contributed by atoms with E-state index in [-0.39, 0.29) is 23.8 Å². The van der Waals surface area contributed by atoms with Gasteiger partial charge in [0.05, 0.1) is 12.0 Å². The maximum absolute atomic E-state index is 12.3. The van der Waals surface area contributed by atoms with Crippen LogP contribution in [-0.4, -0.2) is 23.7 Å². The lowest BCUT2D eigenvalue weighted by Gasteiger charge is -2.18. The average Bonchev–Trinajstić information content (AvgIpc) is 2.45. The molecule has 3 nitrogen and oxygen atoms in total. The van der Waals surface area contributed by atoms with Crippen LogP contribution in [0.5, 0.6) is 0 Å². The molecule has 1 aromatic rings. The SMILES string of the molecule is CCCC(C(=O)NCCC(O)C(C)C)c1ccccc1. The van der Waals surface area contributed by atoms with Gasteiger partial charge in [-0.1, -0.05) is 57.5 Å². The standard InChI is InChI=1S/C17H27NO2/c1-4-8-15(14-9-6-5-7-10-14)17(20)18-12-11-16(19)13(2)3/h5-7,9-10,13,15-16,19H,4,8,11-12H2,1-3H3,(H,18,20). The van der Waals surface area contributed by atoms with E-state index in [9.17, 15) is 9.90 Å². The Hall–Kier alpha value is -1.35. The summed E-state index contributed by atoms with van der Waals surface area (Å²) in [5.41, 5.74) is 1.07. The zero-order valence-electron chi connectivity index (χ0n) is 12.8. The van der Waals surface area contributed by atoms with Gasteiger partial charge in [0, 0.05) is 6.54 Å². The zero-order valence-corrected chi connectivity index (χ0v) is 12.8. The maximum atomic E-state index is 12.3. The van der Waals surface area contributed by atoms with Gasteiger partial charge < -0.3 is 10.4 Å². The first-order valence-electron chi connectivity index (χ1n) is 7.57. The molecular weight excluding hydrogens is 250 g/mol. The van der Waals surface area contributed by atoms with Crippen LogP contribution in [0.25, 0.3) is 0 Å². The van der Waals surface area contributed by atoms with Crippen molar-refractivity contribution in [2.45, 2.75) is 52.1 Å². The molecule has 2 N–H and O–H groups in total. The second kappa shape index (κ2) is 8.75. The Morgan fingerprint density at radius 1 is 1.20 bits per heavy atom. The van der Waals surface area contributed by atoms with Crippen LogP contribution in [0.1, 0.15) is 51.5 Å².